The lowest BCUT2D eigenvalue weighted by Crippen LogP contribution is -2.30. The molecule has 0 saturated heterocycles. The number of hydrogen-bond acceptors (Lipinski definition) is 4. The quantitative estimate of drug-likeness (QED) is 0.564. The molecule has 26 heavy (non-hydrogen) atoms. The van der Waals surface area contributed by atoms with Gasteiger partial charge in [-0.25, -0.2) is 8.42 Å². The number of halogens is 1. The first kappa shape index (κ1) is 19.4. The van der Waals surface area contributed by atoms with Crippen LogP contribution in [0.4, 0.5) is 0 Å². The van der Waals surface area contributed by atoms with E-state index in [1.165, 1.54) is 0 Å². The Balaban J connectivity index is 1.59. The predicted molar refractivity (Wildman–Crippen MR) is 102 cm³/mol. The summed E-state index contributed by atoms with van der Waals surface area (Å²) in [6, 6.07) is 19.7. The molecular weight excluding hydrogens is 372 g/mol. The van der Waals surface area contributed by atoms with Crippen molar-refractivity contribution >= 4 is 19.7 Å². The first-order chi connectivity index (χ1) is 12.5. The average Bonchev–Trinajstić information content (AvgIpc) is 3.42. The van der Waals surface area contributed by atoms with Crippen molar-refractivity contribution in [2.75, 3.05) is 6.61 Å². The largest absolute Gasteiger partial charge is 0.374 e. The van der Waals surface area contributed by atoms with Gasteiger partial charge in [-0.1, -0.05) is 60.7 Å². The summed E-state index contributed by atoms with van der Waals surface area (Å²) in [5.41, 5.74) is 2.11. The molecule has 0 spiro atoms. The predicted octanol–water partition coefficient (Wildman–Crippen LogP) is 4.28. The zero-order chi connectivity index (χ0) is 18.5. The highest BCUT2D eigenvalue weighted by molar-refractivity contribution is 8.15. The molecule has 0 amide bonds. The van der Waals surface area contributed by atoms with Gasteiger partial charge in [0, 0.05) is 10.7 Å². The van der Waals surface area contributed by atoms with Crippen LogP contribution < -0.4 is 0 Å². The van der Waals surface area contributed by atoms with Gasteiger partial charge in [-0.05, 0) is 30.4 Å². The maximum Gasteiger partial charge on any atom is 0.238 e. The Labute approximate surface area is 159 Å². The summed E-state index contributed by atoms with van der Waals surface area (Å²) in [4.78, 5) is 0. The van der Waals surface area contributed by atoms with Crippen molar-refractivity contribution in [2.24, 2.45) is 0 Å². The maximum absolute atomic E-state index is 11.9. The Kier molecular flexibility index (Phi) is 6.35. The topological polar surface area (TPSA) is 52.6 Å². The number of hydrogen-bond donors (Lipinski definition) is 0. The number of benzene rings is 2. The fourth-order valence-corrected chi connectivity index (χ4v) is 4.57. The van der Waals surface area contributed by atoms with E-state index in [9.17, 15) is 8.42 Å². The van der Waals surface area contributed by atoms with Gasteiger partial charge in [0.15, 0.2) is 0 Å². The minimum atomic E-state index is -3.61. The van der Waals surface area contributed by atoms with Gasteiger partial charge in [-0.2, -0.15) is 0 Å². The van der Waals surface area contributed by atoms with Crippen LogP contribution in [0.3, 0.4) is 0 Å². The molecule has 3 rings (SSSR count). The summed E-state index contributed by atoms with van der Waals surface area (Å²) in [5, 5.41) is 0. The van der Waals surface area contributed by atoms with Gasteiger partial charge in [0.2, 0.25) is 9.05 Å². The third-order valence-electron chi connectivity index (χ3n) is 4.67. The minimum Gasteiger partial charge on any atom is -0.374 e. The van der Waals surface area contributed by atoms with Crippen molar-refractivity contribution in [1.82, 2.24) is 0 Å². The Morgan fingerprint density at radius 2 is 1.46 bits per heavy atom. The standard InChI is InChI=1S/C20H23ClO4S/c21-26(22,23)20(11-12-20)13-19(25-15-18-9-5-2-6-10-18)16-24-14-17-7-3-1-4-8-17/h1-10,19H,11-16H2/t19-/m0/s1. The molecule has 1 aliphatic carbocycles. The van der Waals surface area contributed by atoms with Crippen molar-refractivity contribution in [3.8, 4) is 0 Å². The molecule has 1 saturated carbocycles. The van der Waals surface area contributed by atoms with Crippen LogP contribution in [0.2, 0.25) is 0 Å². The molecule has 0 radical (unpaired) electrons. The molecule has 2 aromatic rings. The van der Waals surface area contributed by atoms with Crippen molar-refractivity contribution < 1.29 is 17.9 Å². The van der Waals surface area contributed by atoms with E-state index in [0.717, 1.165) is 11.1 Å². The summed E-state index contributed by atoms with van der Waals surface area (Å²) in [6.45, 7) is 1.21. The second kappa shape index (κ2) is 8.53. The Bertz CT molecular complexity index is 789. The average molecular weight is 395 g/mol. The molecule has 0 heterocycles. The molecule has 2 aromatic carbocycles. The van der Waals surface area contributed by atoms with Crippen LogP contribution in [-0.4, -0.2) is 25.9 Å². The highest BCUT2D eigenvalue weighted by atomic mass is 35.7. The lowest BCUT2D eigenvalue weighted by molar-refractivity contribution is -0.0344. The fraction of sp³-hybridized carbons (Fsp3) is 0.400. The van der Waals surface area contributed by atoms with Crippen molar-refractivity contribution in [2.45, 2.75) is 43.3 Å². The van der Waals surface area contributed by atoms with Gasteiger partial charge >= 0.3 is 0 Å². The summed E-state index contributed by atoms with van der Waals surface area (Å²) in [5.74, 6) is 0. The molecule has 1 aliphatic rings. The van der Waals surface area contributed by atoms with E-state index in [4.69, 9.17) is 20.2 Å². The zero-order valence-electron chi connectivity index (χ0n) is 14.5. The highest BCUT2D eigenvalue weighted by Gasteiger charge is 2.54. The summed E-state index contributed by atoms with van der Waals surface area (Å²) in [6.07, 6.45) is 1.21. The van der Waals surface area contributed by atoms with E-state index in [1.807, 2.05) is 60.7 Å². The third kappa shape index (κ3) is 5.30. The second-order valence-electron chi connectivity index (χ2n) is 6.74. The van der Waals surface area contributed by atoms with E-state index in [1.54, 1.807) is 0 Å². The first-order valence-electron chi connectivity index (χ1n) is 8.70. The lowest BCUT2D eigenvalue weighted by atomic mass is 10.1. The molecule has 0 N–H and O–H groups in total. The van der Waals surface area contributed by atoms with E-state index in [0.29, 0.717) is 39.1 Å². The first-order valence-corrected chi connectivity index (χ1v) is 11.0. The van der Waals surface area contributed by atoms with Crippen LogP contribution in [0.5, 0.6) is 0 Å². The van der Waals surface area contributed by atoms with Crippen LogP contribution in [0.25, 0.3) is 0 Å². The van der Waals surface area contributed by atoms with Crippen LogP contribution >= 0.6 is 10.7 Å². The molecule has 1 fully saturated rings. The normalized spacial score (nSPS) is 17.0. The Morgan fingerprint density at radius 3 is 1.96 bits per heavy atom. The van der Waals surface area contributed by atoms with Crippen molar-refractivity contribution in [3.63, 3.8) is 0 Å². The SMILES string of the molecule is O=S(=O)(Cl)C1(C[C@@H](COCc2ccccc2)OCc2ccccc2)CC1. The van der Waals surface area contributed by atoms with E-state index < -0.39 is 13.8 Å². The van der Waals surface area contributed by atoms with Crippen LogP contribution in [0, 0.1) is 0 Å². The maximum atomic E-state index is 11.9. The Morgan fingerprint density at radius 1 is 0.923 bits per heavy atom. The smallest absolute Gasteiger partial charge is 0.238 e. The van der Waals surface area contributed by atoms with Gasteiger partial charge in [0.1, 0.15) is 0 Å². The summed E-state index contributed by atoms with van der Waals surface area (Å²) >= 11 is 0. The number of rotatable bonds is 10. The van der Waals surface area contributed by atoms with Gasteiger partial charge in [-0.15, -0.1) is 0 Å². The van der Waals surface area contributed by atoms with Gasteiger partial charge in [0.05, 0.1) is 30.7 Å². The molecule has 140 valence electrons. The van der Waals surface area contributed by atoms with Gasteiger partial charge in [-0.3, -0.25) is 0 Å². The van der Waals surface area contributed by atoms with Crippen molar-refractivity contribution in [3.05, 3.63) is 71.8 Å². The molecule has 0 bridgehead atoms. The van der Waals surface area contributed by atoms with Crippen LogP contribution in [0.1, 0.15) is 30.4 Å². The highest BCUT2D eigenvalue weighted by Crippen LogP contribution is 2.49. The summed E-state index contributed by atoms with van der Waals surface area (Å²) < 4.78 is 34.7. The lowest BCUT2D eigenvalue weighted by Gasteiger charge is -2.22. The second-order valence-corrected chi connectivity index (χ2v) is 9.70. The third-order valence-corrected chi connectivity index (χ3v) is 7.26. The van der Waals surface area contributed by atoms with Crippen LogP contribution in [0.15, 0.2) is 60.7 Å². The molecule has 0 unspecified atom stereocenters. The van der Waals surface area contributed by atoms with Gasteiger partial charge < -0.3 is 9.47 Å². The van der Waals surface area contributed by atoms with Crippen molar-refractivity contribution in [1.29, 1.82) is 0 Å². The minimum absolute atomic E-state index is 0.324. The molecule has 6 heteroatoms. The Hall–Kier alpha value is -1.40. The van der Waals surface area contributed by atoms with E-state index in [2.05, 4.69) is 0 Å². The molecule has 4 nitrogen and oxygen atoms in total. The van der Waals surface area contributed by atoms with Gasteiger partial charge in [0.25, 0.3) is 0 Å². The van der Waals surface area contributed by atoms with E-state index >= 15 is 0 Å². The number of ether oxygens (including phenoxy) is 2. The van der Waals surface area contributed by atoms with E-state index in [-0.39, 0.29) is 6.10 Å². The zero-order valence-corrected chi connectivity index (χ0v) is 16.1. The molecule has 1 atom stereocenters. The summed E-state index contributed by atoms with van der Waals surface area (Å²) in [7, 11) is 2.04. The molecule has 0 aromatic heterocycles. The monoisotopic (exact) mass is 394 g/mol. The molecule has 0 aliphatic heterocycles. The van der Waals surface area contributed by atoms with Crippen LogP contribution in [-0.2, 0) is 31.7 Å². The fourth-order valence-electron chi connectivity index (χ4n) is 2.94. The molecular formula is C20H23ClO4S.